The fourth-order valence-electron chi connectivity index (χ4n) is 4.52. The van der Waals surface area contributed by atoms with Crippen LogP contribution in [0, 0.1) is 13.8 Å². The standard InChI is InChI=1S/C28H26BrN3O/c1-19-6-5-9-27(20(19)2)31-14-16-32(17-15-31)28(33)24-18-26(21-10-12-22(29)13-11-21)30-25-8-4-3-7-23(24)25/h3-13,18H,14-17H2,1-2H3. The van der Waals surface area contributed by atoms with Crippen molar-refractivity contribution in [3.63, 3.8) is 0 Å². The van der Waals surface area contributed by atoms with Crippen molar-refractivity contribution in [1.29, 1.82) is 0 Å². The molecule has 0 aliphatic carbocycles. The van der Waals surface area contributed by atoms with E-state index in [4.69, 9.17) is 4.98 Å². The van der Waals surface area contributed by atoms with E-state index in [1.54, 1.807) is 0 Å². The summed E-state index contributed by atoms with van der Waals surface area (Å²) in [5.74, 6) is 0.0765. The number of rotatable bonds is 3. The Bertz CT molecular complexity index is 1330. The Morgan fingerprint density at radius 2 is 1.61 bits per heavy atom. The first-order valence-corrected chi connectivity index (χ1v) is 12.1. The third kappa shape index (κ3) is 4.25. The minimum absolute atomic E-state index is 0.0765. The fourth-order valence-corrected chi connectivity index (χ4v) is 4.78. The number of amides is 1. The fraction of sp³-hybridized carbons (Fsp3) is 0.214. The lowest BCUT2D eigenvalue weighted by Gasteiger charge is -2.37. The van der Waals surface area contributed by atoms with Crippen LogP contribution in [0.15, 0.2) is 77.3 Å². The number of aryl methyl sites for hydroxylation is 1. The Labute approximate surface area is 203 Å². The van der Waals surface area contributed by atoms with Crippen molar-refractivity contribution in [3.05, 3.63) is 94.0 Å². The van der Waals surface area contributed by atoms with Gasteiger partial charge in [0.1, 0.15) is 0 Å². The number of anilines is 1. The van der Waals surface area contributed by atoms with Crippen molar-refractivity contribution in [3.8, 4) is 11.3 Å². The molecule has 0 saturated carbocycles. The molecule has 0 unspecified atom stereocenters. The lowest BCUT2D eigenvalue weighted by atomic mass is 10.0. The van der Waals surface area contributed by atoms with E-state index < -0.39 is 0 Å². The Morgan fingerprint density at radius 1 is 0.879 bits per heavy atom. The zero-order chi connectivity index (χ0) is 22.9. The third-order valence-corrected chi connectivity index (χ3v) is 7.10. The quantitative estimate of drug-likeness (QED) is 0.334. The van der Waals surface area contributed by atoms with Crippen molar-refractivity contribution in [2.75, 3.05) is 31.1 Å². The maximum absolute atomic E-state index is 13.7. The van der Waals surface area contributed by atoms with Crippen LogP contribution in [0.2, 0.25) is 0 Å². The van der Waals surface area contributed by atoms with Gasteiger partial charge in [-0.15, -0.1) is 0 Å². The molecule has 166 valence electrons. The molecule has 0 bridgehead atoms. The molecule has 0 N–H and O–H groups in total. The minimum atomic E-state index is 0.0765. The molecule has 0 atom stereocenters. The van der Waals surface area contributed by atoms with E-state index in [9.17, 15) is 4.79 Å². The zero-order valence-corrected chi connectivity index (χ0v) is 20.5. The van der Waals surface area contributed by atoms with Gasteiger partial charge in [0.2, 0.25) is 0 Å². The summed E-state index contributed by atoms with van der Waals surface area (Å²) >= 11 is 3.49. The molecule has 33 heavy (non-hydrogen) atoms. The number of hydrogen-bond donors (Lipinski definition) is 0. The van der Waals surface area contributed by atoms with Crippen molar-refractivity contribution in [2.45, 2.75) is 13.8 Å². The molecule has 0 radical (unpaired) electrons. The van der Waals surface area contributed by atoms with Crippen LogP contribution >= 0.6 is 15.9 Å². The first kappa shape index (κ1) is 21.7. The van der Waals surface area contributed by atoms with Gasteiger partial charge in [-0.25, -0.2) is 4.98 Å². The van der Waals surface area contributed by atoms with Gasteiger partial charge < -0.3 is 9.80 Å². The SMILES string of the molecule is Cc1cccc(N2CCN(C(=O)c3cc(-c4ccc(Br)cc4)nc4ccccc34)CC2)c1C. The predicted molar refractivity (Wildman–Crippen MR) is 139 cm³/mol. The highest BCUT2D eigenvalue weighted by Crippen LogP contribution is 2.28. The summed E-state index contributed by atoms with van der Waals surface area (Å²) in [7, 11) is 0. The van der Waals surface area contributed by atoms with Crippen molar-refractivity contribution < 1.29 is 4.79 Å². The number of carbonyl (C=O) groups excluding carboxylic acids is 1. The Balaban J connectivity index is 1.44. The van der Waals surface area contributed by atoms with E-state index in [-0.39, 0.29) is 5.91 Å². The van der Waals surface area contributed by atoms with Gasteiger partial charge in [-0.05, 0) is 55.3 Å². The number of piperazine rings is 1. The van der Waals surface area contributed by atoms with Crippen molar-refractivity contribution >= 4 is 38.4 Å². The molecular formula is C28H26BrN3O. The predicted octanol–water partition coefficient (Wildman–Crippen LogP) is 6.24. The Kier molecular flexibility index (Phi) is 5.90. The van der Waals surface area contributed by atoms with Crippen LogP contribution in [0.5, 0.6) is 0 Å². The summed E-state index contributed by atoms with van der Waals surface area (Å²) in [5, 5.41) is 0.903. The molecule has 1 amide bonds. The van der Waals surface area contributed by atoms with Gasteiger partial charge in [0.25, 0.3) is 5.91 Å². The summed E-state index contributed by atoms with van der Waals surface area (Å²) in [5.41, 5.74) is 7.27. The van der Waals surface area contributed by atoms with Crippen molar-refractivity contribution in [1.82, 2.24) is 9.88 Å². The number of hydrogen-bond acceptors (Lipinski definition) is 3. The highest BCUT2D eigenvalue weighted by molar-refractivity contribution is 9.10. The van der Waals surface area contributed by atoms with Crippen molar-refractivity contribution in [2.24, 2.45) is 0 Å². The van der Waals surface area contributed by atoms with E-state index >= 15 is 0 Å². The topological polar surface area (TPSA) is 36.4 Å². The van der Waals surface area contributed by atoms with Crippen LogP contribution in [-0.2, 0) is 0 Å². The number of aromatic nitrogens is 1. The summed E-state index contributed by atoms with van der Waals surface area (Å²) in [4.78, 5) is 22.9. The third-order valence-electron chi connectivity index (χ3n) is 6.57. The van der Waals surface area contributed by atoms with E-state index in [0.29, 0.717) is 13.1 Å². The minimum Gasteiger partial charge on any atom is -0.368 e. The maximum atomic E-state index is 13.7. The second-order valence-electron chi connectivity index (χ2n) is 8.58. The Hall–Kier alpha value is -3.18. The number of pyridine rings is 1. The first-order chi connectivity index (χ1) is 16.0. The van der Waals surface area contributed by atoms with Gasteiger partial charge >= 0.3 is 0 Å². The van der Waals surface area contributed by atoms with E-state index in [1.807, 2.05) is 59.5 Å². The first-order valence-electron chi connectivity index (χ1n) is 11.3. The monoisotopic (exact) mass is 499 g/mol. The zero-order valence-electron chi connectivity index (χ0n) is 18.9. The summed E-state index contributed by atoms with van der Waals surface area (Å²) in [6.45, 7) is 7.40. The molecule has 1 aromatic heterocycles. The highest BCUT2D eigenvalue weighted by Gasteiger charge is 2.25. The van der Waals surface area contributed by atoms with Gasteiger partial charge in [-0.1, -0.05) is 58.4 Å². The van der Waals surface area contributed by atoms with Crippen LogP contribution in [0.25, 0.3) is 22.2 Å². The molecule has 5 heteroatoms. The summed E-state index contributed by atoms with van der Waals surface area (Å²) in [6.07, 6.45) is 0. The second-order valence-corrected chi connectivity index (χ2v) is 9.49. The average molecular weight is 500 g/mol. The molecule has 1 saturated heterocycles. The molecule has 2 heterocycles. The van der Waals surface area contributed by atoms with Crippen LogP contribution in [0.1, 0.15) is 21.5 Å². The molecule has 0 spiro atoms. The largest absolute Gasteiger partial charge is 0.368 e. The van der Waals surface area contributed by atoms with Gasteiger partial charge in [-0.3, -0.25) is 4.79 Å². The highest BCUT2D eigenvalue weighted by atomic mass is 79.9. The molecule has 5 rings (SSSR count). The van der Waals surface area contributed by atoms with Crippen LogP contribution in [0.3, 0.4) is 0 Å². The second kappa shape index (κ2) is 8.99. The van der Waals surface area contributed by atoms with Gasteiger partial charge in [0.05, 0.1) is 16.8 Å². The van der Waals surface area contributed by atoms with E-state index in [0.717, 1.165) is 45.3 Å². The summed E-state index contributed by atoms with van der Waals surface area (Å²) < 4.78 is 1.02. The van der Waals surface area contributed by atoms with E-state index in [1.165, 1.54) is 16.8 Å². The van der Waals surface area contributed by atoms with Gasteiger partial charge in [0, 0.05) is 47.3 Å². The Morgan fingerprint density at radius 3 is 2.36 bits per heavy atom. The van der Waals surface area contributed by atoms with Crippen LogP contribution < -0.4 is 4.90 Å². The molecular weight excluding hydrogens is 474 g/mol. The molecule has 4 nitrogen and oxygen atoms in total. The molecule has 1 fully saturated rings. The smallest absolute Gasteiger partial charge is 0.254 e. The van der Waals surface area contributed by atoms with Gasteiger partial charge in [0.15, 0.2) is 0 Å². The summed E-state index contributed by atoms with van der Waals surface area (Å²) in [6, 6.07) is 24.4. The maximum Gasteiger partial charge on any atom is 0.254 e. The molecule has 1 aliphatic rings. The number of fused-ring (bicyclic) bond motifs is 1. The number of benzene rings is 3. The van der Waals surface area contributed by atoms with Crippen LogP contribution in [-0.4, -0.2) is 42.0 Å². The average Bonchev–Trinajstić information content (AvgIpc) is 2.85. The lowest BCUT2D eigenvalue weighted by Crippen LogP contribution is -2.49. The molecule has 3 aromatic carbocycles. The number of carbonyl (C=O) groups is 1. The normalized spacial score (nSPS) is 14.0. The number of nitrogens with zero attached hydrogens (tertiary/aromatic N) is 3. The lowest BCUT2D eigenvalue weighted by molar-refractivity contribution is 0.0748. The number of halogens is 1. The van der Waals surface area contributed by atoms with Gasteiger partial charge in [-0.2, -0.15) is 0 Å². The van der Waals surface area contributed by atoms with Crippen LogP contribution in [0.4, 0.5) is 5.69 Å². The number of para-hydroxylation sites is 1. The van der Waals surface area contributed by atoms with E-state index in [2.05, 4.69) is 52.9 Å². The molecule has 1 aliphatic heterocycles. The molecule has 4 aromatic rings.